The van der Waals surface area contributed by atoms with Gasteiger partial charge in [-0.05, 0) is 29.8 Å². The first kappa shape index (κ1) is 22.7. The van der Waals surface area contributed by atoms with Crippen molar-refractivity contribution in [2.45, 2.75) is 6.04 Å². The van der Waals surface area contributed by atoms with E-state index in [0.717, 1.165) is 0 Å². The second kappa shape index (κ2) is 9.88. The lowest BCUT2D eigenvalue weighted by Gasteiger charge is -2.24. The predicted octanol–water partition coefficient (Wildman–Crippen LogP) is 3.23. The zero-order valence-corrected chi connectivity index (χ0v) is 17.4. The van der Waals surface area contributed by atoms with Crippen LogP contribution in [0.4, 0.5) is 5.69 Å². The van der Waals surface area contributed by atoms with E-state index in [2.05, 4.69) is 6.58 Å². The Bertz CT molecular complexity index is 1080. The fourth-order valence-corrected chi connectivity index (χ4v) is 3.47. The first-order valence-electron chi connectivity index (χ1n) is 9.74. The summed E-state index contributed by atoms with van der Waals surface area (Å²) in [6.07, 6.45) is 1.59. The van der Waals surface area contributed by atoms with Gasteiger partial charge in [0, 0.05) is 31.4 Å². The van der Waals surface area contributed by atoms with Crippen LogP contribution in [-0.2, 0) is 14.3 Å². The quantitative estimate of drug-likeness (QED) is 0.159. The summed E-state index contributed by atoms with van der Waals surface area (Å²) in [7, 11) is 1.45. The van der Waals surface area contributed by atoms with E-state index in [1.54, 1.807) is 36.4 Å². The summed E-state index contributed by atoms with van der Waals surface area (Å²) in [5, 5.41) is 22.2. The minimum Gasteiger partial charge on any atom is -0.507 e. The van der Waals surface area contributed by atoms with Gasteiger partial charge in [0.05, 0.1) is 23.1 Å². The van der Waals surface area contributed by atoms with Crippen LogP contribution < -0.4 is 4.74 Å². The topological polar surface area (TPSA) is 119 Å². The molecule has 1 unspecified atom stereocenters. The maximum absolute atomic E-state index is 12.9. The zero-order valence-electron chi connectivity index (χ0n) is 17.4. The number of Topliss-reactive ketones (excluding diaryl/α,β-unsaturated/α-hetero) is 1. The van der Waals surface area contributed by atoms with Crippen LogP contribution in [0.1, 0.15) is 17.2 Å². The van der Waals surface area contributed by atoms with Crippen molar-refractivity contribution in [1.29, 1.82) is 0 Å². The van der Waals surface area contributed by atoms with Gasteiger partial charge in [-0.15, -0.1) is 0 Å². The van der Waals surface area contributed by atoms with Gasteiger partial charge in [0.15, 0.2) is 0 Å². The number of hydrogen-bond donors (Lipinski definition) is 1. The van der Waals surface area contributed by atoms with Gasteiger partial charge in [-0.25, -0.2) is 0 Å². The standard InChI is InChI=1S/C23H22N2O7/c1-3-12-32-18-9-7-15(8-10-18)21(26)19-20(16-5-4-6-17(14-16)25(29)30)24(11-13-31-2)23(28)22(19)27/h3-10,14,20,26H,1,11-13H2,2H3. The number of ketones is 1. The molecule has 0 bridgehead atoms. The van der Waals surface area contributed by atoms with Crippen LogP contribution in [0.2, 0.25) is 0 Å². The monoisotopic (exact) mass is 438 g/mol. The zero-order chi connectivity index (χ0) is 23.3. The highest BCUT2D eigenvalue weighted by atomic mass is 16.6. The molecule has 1 aliphatic heterocycles. The smallest absolute Gasteiger partial charge is 0.295 e. The van der Waals surface area contributed by atoms with E-state index in [4.69, 9.17) is 9.47 Å². The molecule has 1 atom stereocenters. The Kier molecular flexibility index (Phi) is 7.01. The summed E-state index contributed by atoms with van der Waals surface area (Å²) in [4.78, 5) is 37.6. The van der Waals surface area contributed by atoms with Crippen molar-refractivity contribution in [2.24, 2.45) is 0 Å². The molecule has 1 N–H and O–H groups in total. The lowest BCUT2D eigenvalue weighted by molar-refractivity contribution is -0.384. The highest BCUT2D eigenvalue weighted by Crippen LogP contribution is 2.40. The third-order valence-electron chi connectivity index (χ3n) is 4.97. The largest absolute Gasteiger partial charge is 0.507 e. The number of carbonyl (C=O) groups excluding carboxylic acids is 2. The summed E-state index contributed by atoms with van der Waals surface area (Å²) in [6, 6.07) is 11.0. The summed E-state index contributed by atoms with van der Waals surface area (Å²) < 4.78 is 10.5. The van der Waals surface area contributed by atoms with Gasteiger partial charge in [-0.2, -0.15) is 0 Å². The Hall–Kier alpha value is -3.98. The number of amides is 1. The number of hydrogen-bond acceptors (Lipinski definition) is 7. The molecule has 1 saturated heterocycles. The van der Waals surface area contributed by atoms with Crippen LogP contribution in [0.25, 0.3) is 5.76 Å². The molecule has 1 heterocycles. The van der Waals surface area contributed by atoms with E-state index in [9.17, 15) is 24.8 Å². The third kappa shape index (κ3) is 4.52. The number of carbonyl (C=O) groups is 2. The minimum absolute atomic E-state index is 0.0690. The van der Waals surface area contributed by atoms with E-state index in [1.165, 1.54) is 30.2 Å². The SMILES string of the molecule is C=CCOc1ccc(C(O)=C2C(=O)C(=O)N(CCOC)C2c2cccc([N+](=O)[O-])c2)cc1. The minimum atomic E-state index is -0.998. The summed E-state index contributed by atoms with van der Waals surface area (Å²) in [5.74, 6) is -1.53. The molecular formula is C23H22N2O7. The van der Waals surface area contributed by atoms with Crippen LogP contribution in [0.3, 0.4) is 0 Å². The second-order valence-corrected chi connectivity index (χ2v) is 6.96. The molecule has 3 rings (SSSR count). The van der Waals surface area contributed by atoms with E-state index >= 15 is 0 Å². The van der Waals surface area contributed by atoms with Crippen LogP contribution in [0, 0.1) is 10.1 Å². The third-order valence-corrected chi connectivity index (χ3v) is 4.97. The van der Waals surface area contributed by atoms with E-state index in [-0.39, 0.29) is 30.2 Å². The highest BCUT2D eigenvalue weighted by Gasteiger charge is 2.46. The average molecular weight is 438 g/mol. The number of aliphatic hydroxyl groups excluding tert-OH is 1. The number of methoxy groups -OCH3 is 1. The van der Waals surface area contributed by atoms with Crippen molar-refractivity contribution < 1.29 is 29.1 Å². The second-order valence-electron chi connectivity index (χ2n) is 6.96. The number of ether oxygens (including phenoxy) is 2. The molecule has 166 valence electrons. The molecule has 2 aromatic rings. The fourth-order valence-electron chi connectivity index (χ4n) is 3.47. The molecule has 2 aromatic carbocycles. The molecule has 0 spiro atoms. The van der Waals surface area contributed by atoms with Crippen molar-refractivity contribution >= 4 is 23.1 Å². The molecule has 0 saturated carbocycles. The number of rotatable bonds is 9. The number of benzene rings is 2. The number of nitro groups is 1. The number of aliphatic hydroxyl groups is 1. The lowest BCUT2D eigenvalue weighted by Crippen LogP contribution is -2.32. The molecule has 9 heteroatoms. The number of likely N-dealkylation sites (tertiary alicyclic amines) is 1. The Morgan fingerprint density at radius 3 is 2.59 bits per heavy atom. The molecule has 1 amide bonds. The average Bonchev–Trinajstić information content (AvgIpc) is 3.06. The van der Waals surface area contributed by atoms with Crippen LogP contribution in [0.5, 0.6) is 5.75 Å². The maximum Gasteiger partial charge on any atom is 0.295 e. The molecule has 0 radical (unpaired) electrons. The van der Waals surface area contributed by atoms with E-state index in [1.807, 2.05) is 0 Å². The predicted molar refractivity (Wildman–Crippen MR) is 116 cm³/mol. The van der Waals surface area contributed by atoms with Gasteiger partial charge in [0.2, 0.25) is 0 Å². The van der Waals surface area contributed by atoms with E-state index in [0.29, 0.717) is 23.5 Å². The molecule has 9 nitrogen and oxygen atoms in total. The van der Waals surface area contributed by atoms with Gasteiger partial charge < -0.3 is 19.5 Å². The molecule has 0 aromatic heterocycles. The Morgan fingerprint density at radius 1 is 1.25 bits per heavy atom. The van der Waals surface area contributed by atoms with Gasteiger partial charge in [0.1, 0.15) is 18.1 Å². The number of nitrogens with zero attached hydrogens (tertiary/aromatic N) is 2. The normalized spacial score (nSPS) is 17.4. The van der Waals surface area contributed by atoms with Crippen LogP contribution in [0.15, 0.2) is 66.8 Å². The molecule has 0 aliphatic carbocycles. The lowest BCUT2D eigenvalue weighted by atomic mass is 9.95. The van der Waals surface area contributed by atoms with Crippen LogP contribution >= 0.6 is 0 Å². The molecule has 1 fully saturated rings. The fraction of sp³-hybridized carbons (Fsp3) is 0.217. The number of non-ortho nitro benzene ring substituents is 1. The van der Waals surface area contributed by atoms with Crippen molar-refractivity contribution in [3.05, 3.63) is 88.0 Å². The molecule has 1 aliphatic rings. The van der Waals surface area contributed by atoms with Gasteiger partial charge in [-0.3, -0.25) is 19.7 Å². The maximum atomic E-state index is 12.9. The first-order valence-corrected chi connectivity index (χ1v) is 9.74. The van der Waals surface area contributed by atoms with Gasteiger partial charge in [0.25, 0.3) is 17.4 Å². The van der Waals surface area contributed by atoms with E-state index < -0.39 is 22.7 Å². The Balaban J connectivity index is 2.10. The summed E-state index contributed by atoms with van der Waals surface area (Å²) in [6.45, 7) is 4.10. The highest BCUT2D eigenvalue weighted by molar-refractivity contribution is 6.46. The van der Waals surface area contributed by atoms with Crippen molar-refractivity contribution in [3.63, 3.8) is 0 Å². The van der Waals surface area contributed by atoms with Gasteiger partial charge in [-0.1, -0.05) is 24.8 Å². The van der Waals surface area contributed by atoms with Crippen molar-refractivity contribution in [3.8, 4) is 5.75 Å². The molecule has 32 heavy (non-hydrogen) atoms. The first-order chi connectivity index (χ1) is 15.4. The Morgan fingerprint density at radius 2 is 1.97 bits per heavy atom. The van der Waals surface area contributed by atoms with Gasteiger partial charge >= 0.3 is 0 Å². The van der Waals surface area contributed by atoms with Crippen molar-refractivity contribution in [1.82, 2.24) is 4.90 Å². The summed E-state index contributed by atoms with van der Waals surface area (Å²) in [5.41, 5.74) is 0.299. The summed E-state index contributed by atoms with van der Waals surface area (Å²) >= 11 is 0. The number of nitro benzene ring substituents is 1. The van der Waals surface area contributed by atoms with Crippen LogP contribution in [-0.4, -0.2) is 53.5 Å². The molecular weight excluding hydrogens is 416 g/mol. The van der Waals surface area contributed by atoms with Crippen molar-refractivity contribution in [2.75, 3.05) is 26.9 Å². The Labute approximate surface area is 184 Å².